The van der Waals surface area contributed by atoms with Crippen molar-refractivity contribution < 1.29 is 14.4 Å². The molecular formula is C6H9N5O3. The number of amides is 5. The number of nitrogens with zero attached hydrogens (tertiary/aromatic N) is 1. The van der Waals surface area contributed by atoms with Crippen molar-refractivity contribution in [1.29, 1.82) is 0 Å². The molecule has 5 N–H and O–H groups in total. The van der Waals surface area contributed by atoms with Crippen LogP contribution in [-0.2, 0) is 4.79 Å². The standard InChI is InChI=1S/C6H9N5O3/c7-2(12)1-11-4-3(9-6(11)14)8-5(13)10-4/h3-4H,1H2,(H2,7,12)(H,9,14)(H2,8,10,13)/t3-,4-/m0/s1. The number of carbonyl (C=O) groups excluding carboxylic acids is 3. The number of urea groups is 2. The molecular weight excluding hydrogens is 190 g/mol. The molecule has 2 atom stereocenters. The fraction of sp³-hybridized carbons (Fsp3) is 0.500. The Kier molecular flexibility index (Phi) is 1.69. The first kappa shape index (κ1) is 8.60. The second-order valence-electron chi connectivity index (χ2n) is 3.08. The van der Waals surface area contributed by atoms with Crippen molar-refractivity contribution in [2.24, 2.45) is 5.73 Å². The summed E-state index contributed by atoms with van der Waals surface area (Å²) in [5, 5.41) is 7.45. The summed E-state index contributed by atoms with van der Waals surface area (Å²) in [7, 11) is 0. The normalized spacial score (nSPS) is 29.3. The summed E-state index contributed by atoms with van der Waals surface area (Å²) in [5.41, 5.74) is 4.96. The van der Waals surface area contributed by atoms with E-state index in [9.17, 15) is 14.4 Å². The Hall–Kier alpha value is -1.99. The lowest BCUT2D eigenvalue weighted by molar-refractivity contribution is -0.118. The van der Waals surface area contributed by atoms with Crippen LogP contribution in [0.4, 0.5) is 9.59 Å². The number of hydrogen-bond donors (Lipinski definition) is 4. The highest BCUT2D eigenvalue weighted by Gasteiger charge is 2.45. The number of primary amides is 1. The highest BCUT2D eigenvalue weighted by Crippen LogP contribution is 2.12. The van der Waals surface area contributed by atoms with Crippen LogP contribution in [-0.4, -0.2) is 41.7 Å². The van der Waals surface area contributed by atoms with Crippen molar-refractivity contribution in [3.05, 3.63) is 0 Å². The van der Waals surface area contributed by atoms with Gasteiger partial charge in [0.15, 0.2) is 0 Å². The zero-order valence-electron chi connectivity index (χ0n) is 7.11. The SMILES string of the molecule is NC(=O)CN1C(=O)N[C@@H]2NC(=O)N[C@H]21. The average Bonchev–Trinajstić information content (AvgIpc) is 2.51. The number of nitrogens with two attached hydrogens (primary N) is 1. The van der Waals surface area contributed by atoms with Gasteiger partial charge in [0.05, 0.1) is 0 Å². The maximum atomic E-state index is 11.2. The average molecular weight is 199 g/mol. The molecule has 76 valence electrons. The van der Waals surface area contributed by atoms with Crippen molar-refractivity contribution in [2.45, 2.75) is 12.3 Å². The molecule has 0 aromatic carbocycles. The lowest BCUT2D eigenvalue weighted by atomic mass is 10.4. The lowest BCUT2D eigenvalue weighted by Crippen LogP contribution is -2.47. The van der Waals surface area contributed by atoms with E-state index in [1.54, 1.807) is 0 Å². The molecule has 0 aromatic heterocycles. The van der Waals surface area contributed by atoms with E-state index in [-0.39, 0.29) is 12.6 Å². The Morgan fingerprint density at radius 3 is 2.71 bits per heavy atom. The number of hydrogen-bond acceptors (Lipinski definition) is 3. The highest BCUT2D eigenvalue weighted by atomic mass is 16.2. The molecule has 14 heavy (non-hydrogen) atoms. The molecule has 8 heteroatoms. The van der Waals surface area contributed by atoms with Gasteiger partial charge in [0.2, 0.25) is 5.91 Å². The Labute approximate surface area is 78.8 Å². The van der Waals surface area contributed by atoms with E-state index in [0.717, 1.165) is 0 Å². The van der Waals surface area contributed by atoms with Gasteiger partial charge in [-0.25, -0.2) is 9.59 Å². The number of carbonyl (C=O) groups is 3. The number of rotatable bonds is 2. The van der Waals surface area contributed by atoms with Gasteiger partial charge in [0.1, 0.15) is 18.9 Å². The van der Waals surface area contributed by atoms with Gasteiger partial charge in [-0.05, 0) is 0 Å². The van der Waals surface area contributed by atoms with Crippen LogP contribution in [0.1, 0.15) is 0 Å². The third-order valence-electron chi connectivity index (χ3n) is 2.08. The summed E-state index contributed by atoms with van der Waals surface area (Å²) < 4.78 is 0. The van der Waals surface area contributed by atoms with E-state index in [1.165, 1.54) is 4.90 Å². The highest BCUT2D eigenvalue weighted by molar-refractivity contribution is 5.88. The van der Waals surface area contributed by atoms with Crippen molar-refractivity contribution >= 4 is 18.0 Å². The van der Waals surface area contributed by atoms with E-state index in [4.69, 9.17) is 5.73 Å². The molecule has 8 nitrogen and oxygen atoms in total. The van der Waals surface area contributed by atoms with E-state index < -0.39 is 24.3 Å². The van der Waals surface area contributed by atoms with Gasteiger partial charge in [-0.15, -0.1) is 0 Å². The first-order valence-electron chi connectivity index (χ1n) is 4.00. The Morgan fingerprint density at radius 2 is 2.07 bits per heavy atom. The van der Waals surface area contributed by atoms with E-state index in [2.05, 4.69) is 16.0 Å². The largest absolute Gasteiger partial charge is 0.368 e. The molecule has 0 radical (unpaired) electrons. The zero-order chi connectivity index (χ0) is 10.3. The molecule has 5 amide bonds. The molecule has 0 aliphatic carbocycles. The molecule has 2 saturated heterocycles. The van der Waals surface area contributed by atoms with Crippen LogP contribution >= 0.6 is 0 Å². The molecule has 2 rings (SSSR count). The first-order chi connectivity index (χ1) is 6.58. The molecule has 2 fully saturated rings. The number of fused-ring (bicyclic) bond motifs is 1. The minimum Gasteiger partial charge on any atom is -0.368 e. The first-order valence-corrected chi connectivity index (χ1v) is 4.00. The van der Waals surface area contributed by atoms with Crippen LogP contribution in [0.2, 0.25) is 0 Å². The molecule has 2 aliphatic heterocycles. The van der Waals surface area contributed by atoms with Gasteiger partial charge in [-0.1, -0.05) is 0 Å². The maximum Gasteiger partial charge on any atom is 0.321 e. The monoisotopic (exact) mass is 199 g/mol. The van der Waals surface area contributed by atoms with Crippen LogP contribution in [0.3, 0.4) is 0 Å². The summed E-state index contributed by atoms with van der Waals surface area (Å²) in [6.07, 6.45) is -1.03. The fourth-order valence-electron chi connectivity index (χ4n) is 1.53. The summed E-state index contributed by atoms with van der Waals surface area (Å²) >= 11 is 0. The summed E-state index contributed by atoms with van der Waals surface area (Å²) in [5.74, 6) is -0.623. The van der Waals surface area contributed by atoms with Gasteiger partial charge in [-0.2, -0.15) is 0 Å². The van der Waals surface area contributed by atoms with Crippen LogP contribution in [0.15, 0.2) is 0 Å². The maximum absolute atomic E-state index is 11.2. The Balaban J connectivity index is 2.12. The van der Waals surface area contributed by atoms with Gasteiger partial charge < -0.3 is 21.7 Å². The lowest BCUT2D eigenvalue weighted by Gasteiger charge is -2.18. The Morgan fingerprint density at radius 1 is 1.36 bits per heavy atom. The van der Waals surface area contributed by atoms with E-state index >= 15 is 0 Å². The zero-order valence-corrected chi connectivity index (χ0v) is 7.11. The predicted molar refractivity (Wildman–Crippen MR) is 43.7 cm³/mol. The van der Waals surface area contributed by atoms with E-state index in [0.29, 0.717) is 0 Å². The molecule has 0 bridgehead atoms. The molecule has 2 aliphatic rings. The molecule has 0 aromatic rings. The minimum atomic E-state index is -0.623. The molecule has 0 spiro atoms. The van der Waals surface area contributed by atoms with Crippen LogP contribution < -0.4 is 21.7 Å². The van der Waals surface area contributed by atoms with Crippen LogP contribution in [0.5, 0.6) is 0 Å². The van der Waals surface area contributed by atoms with Crippen molar-refractivity contribution in [2.75, 3.05) is 6.54 Å². The fourth-order valence-corrected chi connectivity index (χ4v) is 1.53. The Bertz CT molecular complexity index is 317. The third-order valence-corrected chi connectivity index (χ3v) is 2.08. The molecule has 0 unspecified atom stereocenters. The predicted octanol–water partition coefficient (Wildman–Crippen LogP) is -2.54. The minimum absolute atomic E-state index is 0.213. The van der Waals surface area contributed by atoms with E-state index in [1.807, 2.05) is 0 Å². The van der Waals surface area contributed by atoms with Crippen molar-refractivity contribution in [3.8, 4) is 0 Å². The van der Waals surface area contributed by atoms with Gasteiger partial charge in [-0.3, -0.25) is 9.69 Å². The molecule has 2 heterocycles. The van der Waals surface area contributed by atoms with Gasteiger partial charge in [0.25, 0.3) is 0 Å². The van der Waals surface area contributed by atoms with Crippen LogP contribution in [0, 0.1) is 0 Å². The second kappa shape index (κ2) is 2.76. The summed E-state index contributed by atoms with van der Waals surface area (Å²) in [6.45, 7) is -0.213. The van der Waals surface area contributed by atoms with Crippen LogP contribution in [0.25, 0.3) is 0 Å². The summed E-state index contributed by atoms with van der Waals surface area (Å²) in [4.78, 5) is 33.9. The second-order valence-corrected chi connectivity index (χ2v) is 3.08. The smallest absolute Gasteiger partial charge is 0.321 e. The quantitative estimate of drug-likeness (QED) is 0.392. The third kappa shape index (κ3) is 1.20. The van der Waals surface area contributed by atoms with Gasteiger partial charge >= 0.3 is 12.1 Å². The topological polar surface area (TPSA) is 117 Å². The molecule has 0 saturated carbocycles. The van der Waals surface area contributed by atoms with Gasteiger partial charge in [0, 0.05) is 0 Å². The summed E-state index contributed by atoms with van der Waals surface area (Å²) in [6, 6.07) is -0.805. The number of nitrogens with one attached hydrogen (secondary N) is 3. The van der Waals surface area contributed by atoms with Crippen molar-refractivity contribution in [3.63, 3.8) is 0 Å². The van der Waals surface area contributed by atoms with Crippen molar-refractivity contribution in [1.82, 2.24) is 20.9 Å².